The van der Waals surface area contributed by atoms with Crippen LogP contribution < -0.4 is 16.0 Å². The van der Waals surface area contributed by atoms with Crippen molar-refractivity contribution in [3.8, 4) is 0 Å². The summed E-state index contributed by atoms with van der Waals surface area (Å²) in [5.74, 6) is -1.08. The number of carbonyl (C=O) groups is 3. The van der Waals surface area contributed by atoms with Crippen molar-refractivity contribution >= 4 is 40.2 Å². The van der Waals surface area contributed by atoms with E-state index in [0.29, 0.717) is 46.6 Å². The molecule has 40 heavy (non-hydrogen) atoms. The van der Waals surface area contributed by atoms with Gasteiger partial charge in [-0.1, -0.05) is 13.8 Å². The first-order valence-electron chi connectivity index (χ1n) is 13.8. The van der Waals surface area contributed by atoms with Crippen molar-refractivity contribution < 1.29 is 18.8 Å². The van der Waals surface area contributed by atoms with Crippen LogP contribution in [-0.2, 0) is 11.2 Å². The van der Waals surface area contributed by atoms with E-state index < -0.39 is 0 Å². The predicted molar refractivity (Wildman–Crippen MR) is 155 cm³/mol. The number of carbonyl (C=O) groups excluding carboxylic acids is 3. The smallest absolute Gasteiger partial charge is 0.256 e. The van der Waals surface area contributed by atoms with Crippen LogP contribution in [0.4, 0.5) is 15.8 Å². The van der Waals surface area contributed by atoms with Gasteiger partial charge in [0.05, 0.1) is 11.1 Å². The molecule has 0 saturated heterocycles. The number of aromatic amines is 1. The van der Waals surface area contributed by atoms with Crippen molar-refractivity contribution in [1.82, 2.24) is 15.2 Å². The summed E-state index contributed by atoms with van der Waals surface area (Å²) >= 11 is 0. The number of aryl methyl sites for hydroxylation is 1. The maximum Gasteiger partial charge on any atom is 0.256 e. The van der Waals surface area contributed by atoms with Gasteiger partial charge in [0.1, 0.15) is 5.82 Å². The Morgan fingerprint density at radius 2 is 1.77 bits per heavy atom. The number of nitrogens with zero attached hydrogens (tertiary/aromatic N) is 1. The molecule has 208 valence electrons. The quantitative estimate of drug-likeness (QED) is 0.301. The second-order valence-electron chi connectivity index (χ2n) is 10.1. The molecule has 0 fully saturated rings. The highest BCUT2D eigenvalue weighted by molar-refractivity contribution is 6.37. The number of benzene rings is 2. The third-order valence-electron chi connectivity index (χ3n) is 7.71. The first kappa shape index (κ1) is 27.3. The summed E-state index contributed by atoms with van der Waals surface area (Å²) < 4.78 is 13.3. The first-order valence-corrected chi connectivity index (χ1v) is 13.8. The van der Waals surface area contributed by atoms with Crippen LogP contribution in [0.5, 0.6) is 0 Å². The molecule has 0 saturated carbocycles. The van der Waals surface area contributed by atoms with E-state index in [9.17, 15) is 18.8 Å². The molecule has 0 bridgehead atoms. The van der Waals surface area contributed by atoms with Crippen LogP contribution in [0, 0.1) is 12.7 Å². The molecule has 2 aliphatic rings. The summed E-state index contributed by atoms with van der Waals surface area (Å²) in [5.41, 5.74) is 6.67. The van der Waals surface area contributed by atoms with Gasteiger partial charge in [0.15, 0.2) is 0 Å². The fourth-order valence-electron chi connectivity index (χ4n) is 5.61. The first-order chi connectivity index (χ1) is 19.3. The van der Waals surface area contributed by atoms with Gasteiger partial charge in [-0.05, 0) is 92.9 Å². The minimum absolute atomic E-state index is 0.107. The van der Waals surface area contributed by atoms with Crippen LogP contribution in [-0.4, -0.2) is 53.8 Å². The number of rotatable bonds is 8. The Bertz CT molecular complexity index is 1500. The molecule has 1 aromatic heterocycles. The van der Waals surface area contributed by atoms with E-state index in [1.807, 2.05) is 6.92 Å². The van der Waals surface area contributed by atoms with E-state index in [4.69, 9.17) is 0 Å². The van der Waals surface area contributed by atoms with Gasteiger partial charge in [-0.3, -0.25) is 14.4 Å². The number of hydrogen-bond acceptors (Lipinski definition) is 4. The Morgan fingerprint density at radius 1 is 1.02 bits per heavy atom. The number of H-pyrrole nitrogens is 1. The Labute approximate surface area is 233 Å². The number of likely N-dealkylation sites (N-methyl/N-ethyl adjacent to an activating group) is 1. The molecular formula is C31H34FN5O3. The molecule has 3 aromatic rings. The Kier molecular flexibility index (Phi) is 7.84. The van der Waals surface area contributed by atoms with Gasteiger partial charge < -0.3 is 25.8 Å². The lowest BCUT2D eigenvalue weighted by atomic mass is 9.85. The molecule has 8 nitrogen and oxygen atoms in total. The zero-order chi connectivity index (χ0) is 28.4. The molecule has 2 aromatic carbocycles. The molecule has 0 radical (unpaired) electrons. The second kappa shape index (κ2) is 11.5. The van der Waals surface area contributed by atoms with Crippen molar-refractivity contribution in [3.05, 3.63) is 81.9 Å². The van der Waals surface area contributed by atoms with Crippen LogP contribution in [0.25, 0.3) is 11.1 Å². The Balaban J connectivity index is 1.45. The van der Waals surface area contributed by atoms with Crippen molar-refractivity contribution in [2.45, 2.75) is 40.0 Å². The highest BCUT2D eigenvalue weighted by Crippen LogP contribution is 2.43. The van der Waals surface area contributed by atoms with Gasteiger partial charge in [-0.2, -0.15) is 0 Å². The number of amides is 3. The zero-order valence-corrected chi connectivity index (χ0v) is 23.0. The normalized spacial score (nSPS) is 16.0. The molecule has 0 unspecified atom stereocenters. The maximum absolute atomic E-state index is 13.3. The predicted octanol–water partition coefficient (Wildman–Crippen LogP) is 4.99. The summed E-state index contributed by atoms with van der Waals surface area (Å²) in [7, 11) is 0. The van der Waals surface area contributed by atoms with Crippen molar-refractivity contribution in [2.24, 2.45) is 0 Å². The number of allylic oxidation sites excluding steroid dienone is 1. The molecule has 5 rings (SSSR count). The second-order valence-corrected chi connectivity index (χ2v) is 10.1. The number of nitrogens with one attached hydrogen (secondary N) is 4. The summed E-state index contributed by atoms with van der Waals surface area (Å²) in [6.07, 6.45) is 2.21. The fraction of sp³-hybridized carbons (Fsp3) is 0.323. The van der Waals surface area contributed by atoms with E-state index in [-0.39, 0.29) is 23.5 Å². The largest absolute Gasteiger partial charge is 0.358 e. The monoisotopic (exact) mass is 543 g/mol. The van der Waals surface area contributed by atoms with Gasteiger partial charge in [-0.25, -0.2) is 4.39 Å². The fourth-order valence-corrected chi connectivity index (χ4v) is 5.61. The zero-order valence-electron chi connectivity index (χ0n) is 23.0. The minimum atomic E-state index is -0.386. The van der Waals surface area contributed by atoms with Gasteiger partial charge in [0.2, 0.25) is 0 Å². The van der Waals surface area contributed by atoms with Gasteiger partial charge in [0, 0.05) is 47.0 Å². The van der Waals surface area contributed by atoms with Crippen LogP contribution >= 0.6 is 0 Å². The summed E-state index contributed by atoms with van der Waals surface area (Å²) in [6, 6.07) is 10.6. The molecule has 0 atom stereocenters. The van der Waals surface area contributed by atoms with Crippen LogP contribution in [0.15, 0.2) is 42.5 Å². The SMILES string of the molecule is CCN(CC)CCNC(=O)c1c(C)[nH]c2c1CCC/C2=C1/C(=O)Nc2ccc(C(=O)Nc3ccc(F)cc3)cc21. The van der Waals surface area contributed by atoms with Gasteiger partial charge in [0.25, 0.3) is 17.7 Å². The molecule has 1 aliphatic carbocycles. The van der Waals surface area contributed by atoms with Gasteiger partial charge >= 0.3 is 0 Å². The maximum atomic E-state index is 13.3. The average Bonchev–Trinajstić information content (AvgIpc) is 3.46. The van der Waals surface area contributed by atoms with Crippen LogP contribution in [0.2, 0.25) is 0 Å². The van der Waals surface area contributed by atoms with Crippen LogP contribution in [0.1, 0.15) is 69.9 Å². The van der Waals surface area contributed by atoms with Crippen LogP contribution in [0.3, 0.4) is 0 Å². The van der Waals surface area contributed by atoms with Gasteiger partial charge in [-0.15, -0.1) is 0 Å². The van der Waals surface area contributed by atoms with E-state index in [1.165, 1.54) is 24.3 Å². The number of hydrogen-bond donors (Lipinski definition) is 4. The number of anilines is 2. The molecule has 3 amide bonds. The molecule has 4 N–H and O–H groups in total. The third kappa shape index (κ3) is 5.29. The molecular weight excluding hydrogens is 509 g/mol. The lowest BCUT2D eigenvalue weighted by Crippen LogP contribution is -2.35. The molecule has 1 aliphatic heterocycles. The summed E-state index contributed by atoms with van der Waals surface area (Å²) in [4.78, 5) is 45.1. The summed E-state index contributed by atoms with van der Waals surface area (Å²) in [6.45, 7) is 9.30. The standard InChI is InChI=1S/C31H34FN5O3/c1-4-37(5-2)16-15-33-30(39)26-18(3)34-28-22(26)7-6-8-23(28)27-24-17-19(9-14-25(24)36-31(27)40)29(38)35-21-12-10-20(32)11-13-21/h9-14,17,34H,4-8,15-16H2,1-3H3,(H,33,39)(H,35,38)(H,36,40)/b27-23-. The summed E-state index contributed by atoms with van der Waals surface area (Å²) in [5, 5.41) is 8.76. The lowest BCUT2D eigenvalue weighted by Gasteiger charge is -2.20. The average molecular weight is 544 g/mol. The van der Waals surface area contributed by atoms with Crippen molar-refractivity contribution in [3.63, 3.8) is 0 Å². The Morgan fingerprint density at radius 3 is 2.50 bits per heavy atom. The van der Waals surface area contributed by atoms with E-state index >= 15 is 0 Å². The van der Waals surface area contributed by atoms with E-state index in [1.54, 1.807) is 18.2 Å². The third-order valence-corrected chi connectivity index (χ3v) is 7.71. The van der Waals surface area contributed by atoms with E-state index in [2.05, 4.69) is 39.7 Å². The van der Waals surface area contributed by atoms with Crippen molar-refractivity contribution in [2.75, 3.05) is 36.8 Å². The minimum Gasteiger partial charge on any atom is -0.358 e. The number of fused-ring (bicyclic) bond motifs is 2. The lowest BCUT2D eigenvalue weighted by molar-refractivity contribution is -0.110. The molecule has 0 spiro atoms. The highest BCUT2D eigenvalue weighted by atomic mass is 19.1. The topological polar surface area (TPSA) is 106 Å². The van der Waals surface area contributed by atoms with Crippen molar-refractivity contribution in [1.29, 1.82) is 0 Å². The number of halogens is 1. The number of aromatic nitrogens is 1. The molecule has 9 heteroatoms. The Hall–Kier alpha value is -4.24. The van der Waals surface area contributed by atoms with E-state index in [0.717, 1.165) is 55.0 Å². The highest BCUT2D eigenvalue weighted by Gasteiger charge is 2.33. The molecule has 2 heterocycles.